The van der Waals surface area contributed by atoms with E-state index in [2.05, 4.69) is 35.9 Å². The predicted molar refractivity (Wildman–Crippen MR) is 180 cm³/mol. The zero-order valence-electron chi connectivity index (χ0n) is 26.7. The van der Waals surface area contributed by atoms with Crippen LogP contribution in [0.4, 0.5) is 17.1 Å². The van der Waals surface area contributed by atoms with E-state index in [0.29, 0.717) is 61.1 Å². The van der Waals surface area contributed by atoms with E-state index >= 15 is 0 Å². The lowest BCUT2D eigenvalue weighted by Gasteiger charge is -2.40. The van der Waals surface area contributed by atoms with Gasteiger partial charge >= 0.3 is 0 Å². The average molecular weight is 629 g/mol. The number of ether oxygens (including phenoxy) is 2. The van der Waals surface area contributed by atoms with Gasteiger partial charge in [0, 0.05) is 60.1 Å². The summed E-state index contributed by atoms with van der Waals surface area (Å²) < 4.78 is 11.5. The van der Waals surface area contributed by atoms with Crippen molar-refractivity contribution in [1.82, 2.24) is 4.90 Å². The summed E-state index contributed by atoms with van der Waals surface area (Å²) in [5.74, 6) is 1.36. The number of anilines is 3. The van der Waals surface area contributed by atoms with Crippen LogP contribution in [0.25, 0.3) is 0 Å². The lowest BCUT2D eigenvalue weighted by molar-refractivity contribution is -0.130. The summed E-state index contributed by atoms with van der Waals surface area (Å²) in [6, 6.07) is 19.0. The molecular weight excluding hydrogens is 588 g/mol. The second kappa shape index (κ2) is 12.3. The number of carbonyl (C=O) groups is 2. The molecule has 9 heteroatoms. The van der Waals surface area contributed by atoms with E-state index < -0.39 is 6.04 Å². The fraction of sp³-hybridized carbons (Fsp3) is 0.389. The number of piperazine rings is 1. The quantitative estimate of drug-likeness (QED) is 0.328. The number of fused-ring (bicyclic) bond motifs is 1. The molecule has 1 atom stereocenters. The van der Waals surface area contributed by atoms with Gasteiger partial charge in [-0.2, -0.15) is 0 Å². The van der Waals surface area contributed by atoms with Gasteiger partial charge in [-0.15, -0.1) is 0 Å². The summed E-state index contributed by atoms with van der Waals surface area (Å²) in [4.78, 5) is 34.7. The number of benzene rings is 3. The molecule has 0 aromatic heterocycles. The number of allylic oxidation sites excluding steroid dienone is 1. The maximum Gasteiger partial charge on any atom is 0.242 e. The third-order valence-electron chi connectivity index (χ3n) is 9.19. The molecule has 2 heterocycles. The Hall–Kier alpha value is -4.17. The molecule has 3 aromatic rings. The molecule has 1 N–H and O–H groups in total. The minimum absolute atomic E-state index is 0.00627. The second-order valence-electron chi connectivity index (χ2n) is 12.9. The molecule has 0 bridgehead atoms. The molecule has 3 aliphatic rings. The van der Waals surface area contributed by atoms with E-state index in [-0.39, 0.29) is 23.7 Å². The third kappa shape index (κ3) is 6.08. The van der Waals surface area contributed by atoms with E-state index in [1.807, 2.05) is 65.6 Å². The summed E-state index contributed by atoms with van der Waals surface area (Å²) >= 11 is 6.31. The zero-order valence-corrected chi connectivity index (χ0v) is 27.4. The summed E-state index contributed by atoms with van der Waals surface area (Å²) in [6.07, 6.45) is 1.12. The Labute approximate surface area is 270 Å². The normalized spacial score (nSPS) is 19.4. The SMILES string of the molecule is COc1ccc(OC)c(C2C3=C(CC(C)(C)CC3=O)Nc3ccccc3N2CC(=O)N2CCN(c3cc(Cl)ccc3C)CC2)c1. The molecule has 2 aliphatic heterocycles. The first kappa shape index (κ1) is 30.8. The van der Waals surface area contributed by atoms with Crippen LogP contribution in [-0.4, -0.2) is 63.5 Å². The number of Topliss-reactive ketones (excluding diaryl/α,β-unsaturated/α-hetero) is 1. The Kier molecular flexibility index (Phi) is 8.44. The molecule has 45 heavy (non-hydrogen) atoms. The molecule has 0 spiro atoms. The molecule has 1 unspecified atom stereocenters. The van der Waals surface area contributed by atoms with Gasteiger partial charge in [0.15, 0.2) is 5.78 Å². The maximum atomic E-state index is 14.2. The van der Waals surface area contributed by atoms with Gasteiger partial charge in [-0.1, -0.05) is 43.6 Å². The summed E-state index contributed by atoms with van der Waals surface area (Å²) in [5, 5.41) is 4.34. The number of ketones is 1. The molecule has 1 fully saturated rings. The van der Waals surface area contributed by atoms with Crippen LogP contribution in [0.1, 0.15) is 43.9 Å². The highest BCUT2D eigenvalue weighted by Gasteiger charge is 2.43. The van der Waals surface area contributed by atoms with E-state index in [9.17, 15) is 9.59 Å². The Morgan fingerprint density at radius 2 is 1.71 bits per heavy atom. The van der Waals surface area contributed by atoms with Gasteiger partial charge in [-0.05, 0) is 66.8 Å². The molecule has 1 amide bonds. The Morgan fingerprint density at radius 3 is 2.44 bits per heavy atom. The largest absolute Gasteiger partial charge is 0.497 e. The average Bonchev–Trinajstić information content (AvgIpc) is 3.15. The van der Waals surface area contributed by atoms with Crippen LogP contribution in [0.3, 0.4) is 0 Å². The Bertz CT molecular complexity index is 1660. The van der Waals surface area contributed by atoms with Crippen molar-refractivity contribution in [2.24, 2.45) is 5.41 Å². The number of nitrogens with one attached hydrogen (secondary N) is 1. The first-order valence-corrected chi connectivity index (χ1v) is 15.9. The van der Waals surface area contributed by atoms with Crippen molar-refractivity contribution in [3.63, 3.8) is 0 Å². The molecule has 236 valence electrons. The Balaban J connectivity index is 1.39. The molecule has 0 saturated carbocycles. The summed E-state index contributed by atoms with van der Waals surface area (Å²) in [7, 11) is 3.26. The first-order valence-electron chi connectivity index (χ1n) is 15.5. The molecule has 1 aliphatic carbocycles. The second-order valence-corrected chi connectivity index (χ2v) is 13.3. The lowest BCUT2D eigenvalue weighted by Crippen LogP contribution is -2.52. The highest BCUT2D eigenvalue weighted by molar-refractivity contribution is 6.30. The van der Waals surface area contributed by atoms with Crippen molar-refractivity contribution in [1.29, 1.82) is 0 Å². The molecule has 6 rings (SSSR count). The van der Waals surface area contributed by atoms with Crippen molar-refractivity contribution in [3.8, 4) is 11.5 Å². The number of para-hydroxylation sites is 2. The number of halogens is 1. The highest BCUT2D eigenvalue weighted by Crippen LogP contribution is 2.50. The number of rotatable bonds is 6. The fourth-order valence-corrected chi connectivity index (χ4v) is 7.14. The smallest absolute Gasteiger partial charge is 0.242 e. The van der Waals surface area contributed by atoms with Gasteiger partial charge in [0.25, 0.3) is 0 Å². The fourth-order valence-electron chi connectivity index (χ4n) is 6.97. The molecule has 8 nitrogen and oxygen atoms in total. The number of amides is 1. The lowest BCUT2D eigenvalue weighted by atomic mass is 9.73. The molecule has 0 radical (unpaired) electrons. The third-order valence-corrected chi connectivity index (χ3v) is 9.42. The maximum absolute atomic E-state index is 14.2. The van der Waals surface area contributed by atoms with Crippen LogP contribution in [-0.2, 0) is 9.59 Å². The van der Waals surface area contributed by atoms with Gasteiger partial charge < -0.3 is 29.5 Å². The van der Waals surface area contributed by atoms with Crippen LogP contribution in [0.15, 0.2) is 71.9 Å². The molecule has 1 saturated heterocycles. The zero-order chi connectivity index (χ0) is 31.9. The van der Waals surface area contributed by atoms with Crippen molar-refractivity contribution in [2.75, 3.05) is 62.1 Å². The van der Waals surface area contributed by atoms with Crippen LogP contribution in [0, 0.1) is 12.3 Å². The van der Waals surface area contributed by atoms with Crippen molar-refractivity contribution >= 4 is 40.4 Å². The van der Waals surface area contributed by atoms with Gasteiger partial charge in [-0.25, -0.2) is 0 Å². The predicted octanol–water partition coefficient (Wildman–Crippen LogP) is 6.63. The topological polar surface area (TPSA) is 74.3 Å². The number of aryl methyl sites for hydroxylation is 1. The van der Waals surface area contributed by atoms with Gasteiger partial charge in [0.1, 0.15) is 11.5 Å². The number of hydrogen-bond acceptors (Lipinski definition) is 7. The minimum atomic E-state index is -0.566. The highest BCUT2D eigenvalue weighted by atomic mass is 35.5. The number of methoxy groups -OCH3 is 2. The van der Waals surface area contributed by atoms with E-state index in [1.165, 1.54) is 0 Å². The van der Waals surface area contributed by atoms with E-state index in [4.69, 9.17) is 21.1 Å². The van der Waals surface area contributed by atoms with Gasteiger partial charge in [-0.3, -0.25) is 9.59 Å². The van der Waals surface area contributed by atoms with Gasteiger partial charge in [0.05, 0.1) is 38.2 Å². The first-order chi connectivity index (χ1) is 21.6. The van der Waals surface area contributed by atoms with Crippen LogP contribution in [0.2, 0.25) is 5.02 Å². The van der Waals surface area contributed by atoms with Crippen LogP contribution >= 0.6 is 11.6 Å². The van der Waals surface area contributed by atoms with Crippen molar-refractivity contribution in [2.45, 2.75) is 39.7 Å². The van der Waals surface area contributed by atoms with Crippen molar-refractivity contribution in [3.05, 3.63) is 88.1 Å². The van der Waals surface area contributed by atoms with Crippen LogP contribution < -0.4 is 24.6 Å². The number of nitrogens with zero attached hydrogens (tertiary/aromatic N) is 3. The van der Waals surface area contributed by atoms with Gasteiger partial charge in [0.2, 0.25) is 5.91 Å². The van der Waals surface area contributed by atoms with Crippen LogP contribution in [0.5, 0.6) is 11.5 Å². The number of hydrogen-bond donors (Lipinski definition) is 1. The number of carbonyl (C=O) groups excluding carboxylic acids is 2. The van der Waals surface area contributed by atoms with E-state index in [1.54, 1.807) is 14.2 Å². The minimum Gasteiger partial charge on any atom is -0.497 e. The monoisotopic (exact) mass is 628 g/mol. The van der Waals surface area contributed by atoms with Crippen molar-refractivity contribution < 1.29 is 19.1 Å². The summed E-state index contributed by atoms with van der Waals surface area (Å²) in [6.45, 7) is 9.02. The standard InChI is InChI=1S/C36H41ClN4O4/c1-23-10-11-24(37)18-30(23)39-14-16-40(17-15-39)33(43)22-41-29-9-7-6-8-27(29)38-28-20-36(2,3)21-31(42)34(28)35(41)26-19-25(44-4)12-13-32(26)45-5/h6-13,18-19,35,38H,14-17,20-22H2,1-5H3. The molecule has 3 aromatic carbocycles. The van der Waals surface area contributed by atoms with E-state index in [0.717, 1.165) is 33.9 Å². The Morgan fingerprint density at radius 1 is 0.956 bits per heavy atom. The summed E-state index contributed by atoms with van der Waals surface area (Å²) in [5.41, 5.74) is 6.13. The molecular formula is C36H41ClN4O4.